The Hall–Kier alpha value is -1.75. The van der Waals surface area contributed by atoms with Crippen LogP contribution in [-0.4, -0.2) is 34.9 Å². The fourth-order valence-electron chi connectivity index (χ4n) is 2.08. The molecule has 1 aromatic rings. The SMILES string of the molecule is CC(C)(C)OC(=O)N1Cc2ccc(OCCO)cc2C1. The summed E-state index contributed by atoms with van der Waals surface area (Å²) in [5.41, 5.74) is 1.68. The van der Waals surface area contributed by atoms with E-state index in [1.165, 1.54) is 0 Å². The van der Waals surface area contributed by atoms with Crippen molar-refractivity contribution in [2.75, 3.05) is 13.2 Å². The van der Waals surface area contributed by atoms with Gasteiger partial charge in [-0.3, -0.25) is 4.90 Å². The van der Waals surface area contributed by atoms with Gasteiger partial charge in [0.1, 0.15) is 18.0 Å². The lowest BCUT2D eigenvalue weighted by Gasteiger charge is -2.24. The Morgan fingerprint density at radius 2 is 2.00 bits per heavy atom. The molecule has 20 heavy (non-hydrogen) atoms. The molecule has 1 aliphatic rings. The maximum atomic E-state index is 12.0. The fourth-order valence-corrected chi connectivity index (χ4v) is 2.08. The zero-order valence-corrected chi connectivity index (χ0v) is 12.2. The van der Waals surface area contributed by atoms with Gasteiger partial charge in [-0.15, -0.1) is 0 Å². The third kappa shape index (κ3) is 3.63. The average molecular weight is 279 g/mol. The molecule has 0 bridgehead atoms. The van der Waals surface area contributed by atoms with Crippen LogP contribution in [0.3, 0.4) is 0 Å². The molecule has 0 spiro atoms. The first-order chi connectivity index (χ1) is 9.39. The maximum absolute atomic E-state index is 12.0. The number of amides is 1. The molecule has 0 aliphatic carbocycles. The van der Waals surface area contributed by atoms with Gasteiger partial charge in [0.15, 0.2) is 0 Å². The molecule has 0 aromatic heterocycles. The summed E-state index contributed by atoms with van der Waals surface area (Å²) in [5, 5.41) is 8.75. The first kappa shape index (κ1) is 14.7. The number of benzene rings is 1. The summed E-state index contributed by atoms with van der Waals surface area (Å²) in [7, 11) is 0. The molecule has 0 radical (unpaired) electrons. The summed E-state index contributed by atoms with van der Waals surface area (Å²) < 4.78 is 10.7. The monoisotopic (exact) mass is 279 g/mol. The Kier molecular flexibility index (Phi) is 4.18. The summed E-state index contributed by atoms with van der Waals surface area (Å²) in [6, 6.07) is 5.72. The van der Waals surface area contributed by atoms with Crippen LogP contribution in [0.2, 0.25) is 0 Å². The summed E-state index contributed by atoms with van der Waals surface area (Å²) in [6.45, 7) is 6.92. The first-order valence-electron chi connectivity index (χ1n) is 6.72. The van der Waals surface area contributed by atoms with Crippen molar-refractivity contribution in [2.24, 2.45) is 0 Å². The fraction of sp³-hybridized carbons (Fsp3) is 0.533. The molecular formula is C15H21NO4. The number of ether oxygens (including phenoxy) is 2. The van der Waals surface area contributed by atoms with Gasteiger partial charge in [0, 0.05) is 13.1 Å². The molecule has 0 fully saturated rings. The van der Waals surface area contributed by atoms with Crippen molar-refractivity contribution in [3.8, 4) is 5.75 Å². The number of carbonyl (C=O) groups is 1. The van der Waals surface area contributed by atoms with Crippen LogP contribution in [0.25, 0.3) is 0 Å². The van der Waals surface area contributed by atoms with Gasteiger partial charge in [0.2, 0.25) is 0 Å². The molecule has 0 saturated heterocycles. The van der Waals surface area contributed by atoms with Crippen LogP contribution in [0.15, 0.2) is 18.2 Å². The molecule has 0 unspecified atom stereocenters. The standard InChI is InChI=1S/C15H21NO4/c1-15(2,3)20-14(18)16-9-11-4-5-13(19-7-6-17)8-12(11)10-16/h4-5,8,17H,6-7,9-10H2,1-3H3. The minimum Gasteiger partial charge on any atom is -0.491 e. The number of aliphatic hydroxyl groups is 1. The number of aliphatic hydroxyl groups excluding tert-OH is 1. The zero-order chi connectivity index (χ0) is 14.8. The number of rotatable bonds is 3. The van der Waals surface area contributed by atoms with E-state index in [1.54, 1.807) is 4.90 Å². The molecule has 0 saturated carbocycles. The van der Waals surface area contributed by atoms with E-state index < -0.39 is 5.60 Å². The van der Waals surface area contributed by atoms with Gasteiger partial charge in [-0.1, -0.05) is 6.07 Å². The van der Waals surface area contributed by atoms with E-state index in [-0.39, 0.29) is 19.3 Å². The van der Waals surface area contributed by atoms with Crippen molar-refractivity contribution < 1.29 is 19.4 Å². The molecular weight excluding hydrogens is 258 g/mol. The second-order valence-corrected chi connectivity index (χ2v) is 5.84. The maximum Gasteiger partial charge on any atom is 0.410 e. The third-order valence-electron chi connectivity index (χ3n) is 2.91. The minimum atomic E-state index is -0.485. The highest BCUT2D eigenvalue weighted by Gasteiger charge is 2.27. The predicted octanol–water partition coefficient (Wildman–Crippen LogP) is 2.31. The van der Waals surface area contributed by atoms with Crippen LogP contribution >= 0.6 is 0 Å². The lowest BCUT2D eigenvalue weighted by Crippen LogP contribution is -2.33. The number of fused-ring (bicyclic) bond motifs is 1. The molecule has 5 nitrogen and oxygen atoms in total. The number of hydrogen-bond donors (Lipinski definition) is 1. The lowest BCUT2D eigenvalue weighted by atomic mass is 10.1. The second-order valence-electron chi connectivity index (χ2n) is 5.84. The first-order valence-corrected chi connectivity index (χ1v) is 6.72. The van der Waals surface area contributed by atoms with Crippen LogP contribution in [0.1, 0.15) is 31.9 Å². The van der Waals surface area contributed by atoms with Crippen molar-refractivity contribution in [1.82, 2.24) is 4.90 Å². The quantitative estimate of drug-likeness (QED) is 0.922. The van der Waals surface area contributed by atoms with E-state index in [1.807, 2.05) is 39.0 Å². The molecule has 2 rings (SSSR count). The Bertz CT molecular complexity index is 493. The normalized spacial score (nSPS) is 14.1. The Morgan fingerprint density at radius 3 is 2.65 bits per heavy atom. The summed E-state index contributed by atoms with van der Waals surface area (Å²) in [4.78, 5) is 13.7. The summed E-state index contributed by atoms with van der Waals surface area (Å²) in [5.74, 6) is 0.712. The molecule has 1 aromatic carbocycles. The van der Waals surface area contributed by atoms with Crippen molar-refractivity contribution in [2.45, 2.75) is 39.5 Å². The Morgan fingerprint density at radius 1 is 1.30 bits per heavy atom. The molecule has 1 amide bonds. The number of nitrogens with zero attached hydrogens (tertiary/aromatic N) is 1. The highest BCUT2D eigenvalue weighted by atomic mass is 16.6. The van der Waals surface area contributed by atoms with E-state index in [4.69, 9.17) is 14.6 Å². The van der Waals surface area contributed by atoms with Crippen molar-refractivity contribution in [1.29, 1.82) is 0 Å². The van der Waals surface area contributed by atoms with Gasteiger partial charge in [0.05, 0.1) is 6.61 Å². The van der Waals surface area contributed by atoms with Gasteiger partial charge >= 0.3 is 6.09 Å². The molecule has 1 N–H and O–H groups in total. The molecule has 110 valence electrons. The Balaban J connectivity index is 2.02. The molecule has 1 heterocycles. The number of hydrogen-bond acceptors (Lipinski definition) is 4. The van der Waals surface area contributed by atoms with Crippen molar-refractivity contribution in [3.05, 3.63) is 29.3 Å². The zero-order valence-electron chi connectivity index (χ0n) is 12.2. The lowest BCUT2D eigenvalue weighted by molar-refractivity contribution is 0.0242. The smallest absolute Gasteiger partial charge is 0.410 e. The van der Waals surface area contributed by atoms with Crippen LogP contribution in [0.5, 0.6) is 5.75 Å². The molecule has 5 heteroatoms. The van der Waals surface area contributed by atoms with Crippen molar-refractivity contribution in [3.63, 3.8) is 0 Å². The highest BCUT2D eigenvalue weighted by Crippen LogP contribution is 2.28. The molecule has 1 aliphatic heterocycles. The van der Waals surface area contributed by atoms with Gasteiger partial charge in [-0.2, -0.15) is 0 Å². The van der Waals surface area contributed by atoms with Crippen LogP contribution in [0.4, 0.5) is 4.79 Å². The summed E-state index contributed by atoms with van der Waals surface area (Å²) in [6.07, 6.45) is -0.300. The minimum absolute atomic E-state index is 0.0128. The van der Waals surface area contributed by atoms with Crippen LogP contribution in [0, 0.1) is 0 Å². The van der Waals surface area contributed by atoms with E-state index in [0.717, 1.165) is 11.1 Å². The second kappa shape index (κ2) is 5.71. The van der Waals surface area contributed by atoms with E-state index in [2.05, 4.69) is 0 Å². The third-order valence-corrected chi connectivity index (χ3v) is 2.91. The van der Waals surface area contributed by atoms with E-state index in [0.29, 0.717) is 18.8 Å². The Labute approximate surface area is 119 Å². The number of carbonyl (C=O) groups excluding carboxylic acids is 1. The highest BCUT2D eigenvalue weighted by molar-refractivity contribution is 5.69. The van der Waals surface area contributed by atoms with Gasteiger partial charge in [0.25, 0.3) is 0 Å². The molecule has 0 atom stereocenters. The van der Waals surface area contributed by atoms with E-state index in [9.17, 15) is 4.79 Å². The van der Waals surface area contributed by atoms with Crippen LogP contribution < -0.4 is 4.74 Å². The topological polar surface area (TPSA) is 59.0 Å². The van der Waals surface area contributed by atoms with E-state index >= 15 is 0 Å². The van der Waals surface area contributed by atoms with Crippen LogP contribution in [-0.2, 0) is 17.8 Å². The van der Waals surface area contributed by atoms with Gasteiger partial charge in [-0.05, 0) is 44.0 Å². The van der Waals surface area contributed by atoms with Crippen molar-refractivity contribution >= 4 is 6.09 Å². The van der Waals surface area contributed by atoms with Gasteiger partial charge in [-0.25, -0.2) is 4.79 Å². The predicted molar refractivity (Wildman–Crippen MR) is 74.5 cm³/mol. The summed E-state index contributed by atoms with van der Waals surface area (Å²) >= 11 is 0. The largest absolute Gasteiger partial charge is 0.491 e. The average Bonchev–Trinajstić information content (AvgIpc) is 2.77. The van der Waals surface area contributed by atoms with Gasteiger partial charge < -0.3 is 14.6 Å².